The number of ether oxygens (including phenoxy) is 2. The summed E-state index contributed by atoms with van der Waals surface area (Å²) in [6.45, 7) is -2.57. The summed E-state index contributed by atoms with van der Waals surface area (Å²) in [5.74, 6) is -4.70. The second-order valence-corrected chi connectivity index (χ2v) is 2.82. The minimum absolute atomic E-state index is 1.09. The van der Waals surface area contributed by atoms with Gasteiger partial charge in [-0.05, 0) is 0 Å². The SMILES string of the molecule is FCC1COC(C(F)(F)F)(C(F)(F)F)O1. The van der Waals surface area contributed by atoms with Crippen molar-refractivity contribution >= 4 is 0 Å². The minimum Gasteiger partial charge on any atom is -0.333 e. The highest BCUT2D eigenvalue weighted by Gasteiger charge is 2.77. The van der Waals surface area contributed by atoms with Gasteiger partial charge in [-0.2, -0.15) is 26.3 Å². The van der Waals surface area contributed by atoms with Crippen LogP contribution in [0.15, 0.2) is 0 Å². The second-order valence-electron chi connectivity index (χ2n) is 2.82. The Morgan fingerprint density at radius 3 is 1.73 bits per heavy atom. The van der Waals surface area contributed by atoms with Gasteiger partial charge in [0.2, 0.25) is 0 Å². The van der Waals surface area contributed by atoms with Crippen LogP contribution in [0.25, 0.3) is 0 Å². The van der Waals surface area contributed by atoms with E-state index in [0.29, 0.717) is 0 Å². The van der Waals surface area contributed by atoms with Gasteiger partial charge in [0, 0.05) is 0 Å². The summed E-state index contributed by atoms with van der Waals surface area (Å²) in [4.78, 5) is 0. The zero-order valence-electron chi connectivity index (χ0n) is 6.95. The average molecular weight is 242 g/mol. The molecular formula is C6H5F7O2. The van der Waals surface area contributed by atoms with Gasteiger partial charge in [0.1, 0.15) is 12.8 Å². The van der Waals surface area contributed by atoms with Crippen LogP contribution in [0.1, 0.15) is 0 Å². The van der Waals surface area contributed by atoms with Gasteiger partial charge < -0.3 is 9.47 Å². The summed E-state index contributed by atoms with van der Waals surface area (Å²) in [7, 11) is 0. The van der Waals surface area contributed by atoms with Crippen molar-refractivity contribution in [3.8, 4) is 0 Å². The highest BCUT2D eigenvalue weighted by molar-refractivity contribution is 4.92. The Balaban J connectivity index is 3.01. The molecule has 1 aliphatic rings. The molecular weight excluding hydrogens is 237 g/mol. The summed E-state index contributed by atoms with van der Waals surface area (Å²) in [5, 5.41) is 0. The first kappa shape index (κ1) is 12.5. The molecule has 0 bridgehead atoms. The molecule has 9 heteroatoms. The van der Waals surface area contributed by atoms with Crippen molar-refractivity contribution in [2.45, 2.75) is 24.2 Å². The van der Waals surface area contributed by atoms with Crippen molar-refractivity contribution in [3.63, 3.8) is 0 Å². The van der Waals surface area contributed by atoms with Crippen molar-refractivity contribution in [1.82, 2.24) is 0 Å². The number of hydrogen-bond acceptors (Lipinski definition) is 2. The van der Waals surface area contributed by atoms with Crippen LogP contribution in [0.5, 0.6) is 0 Å². The van der Waals surface area contributed by atoms with Crippen LogP contribution in [0.3, 0.4) is 0 Å². The largest absolute Gasteiger partial charge is 0.453 e. The van der Waals surface area contributed by atoms with Crippen LogP contribution in [0, 0.1) is 0 Å². The topological polar surface area (TPSA) is 18.5 Å². The standard InChI is InChI=1S/C6H5F7O2/c7-1-3-2-14-4(15-3,5(8,9)10)6(11,12)13/h3H,1-2H2. The highest BCUT2D eigenvalue weighted by Crippen LogP contribution is 2.49. The first-order valence-electron chi connectivity index (χ1n) is 3.65. The van der Waals surface area contributed by atoms with E-state index in [1.807, 2.05) is 0 Å². The molecule has 0 aromatic heterocycles. The van der Waals surface area contributed by atoms with Crippen molar-refractivity contribution in [2.24, 2.45) is 0 Å². The first-order chi connectivity index (χ1) is 6.64. The summed E-state index contributed by atoms with van der Waals surface area (Å²) in [6, 6.07) is 0. The lowest BCUT2D eigenvalue weighted by atomic mass is 10.2. The normalized spacial score (nSPS) is 27.0. The van der Waals surface area contributed by atoms with Gasteiger partial charge in [-0.15, -0.1) is 0 Å². The smallest absolute Gasteiger partial charge is 0.333 e. The minimum atomic E-state index is -5.80. The summed E-state index contributed by atoms with van der Waals surface area (Å²) < 4.78 is 91.8. The van der Waals surface area contributed by atoms with E-state index in [1.54, 1.807) is 0 Å². The molecule has 90 valence electrons. The van der Waals surface area contributed by atoms with E-state index in [1.165, 1.54) is 0 Å². The van der Waals surface area contributed by atoms with Crippen molar-refractivity contribution in [2.75, 3.05) is 13.3 Å². The average Bonchev–Trinajstić information content (AvgIpc) is 2.45. The van der Waals surface area contributed by atoms with E-state index in [-0.39, 0.29) is 0 Å². The number of halogens is 7. The van der Waals surface area contributed by atoms with Crippen LogP contribution < -0.4 is 0 Å². The van der Waals surface area contributed by atoms with Crippen LogP contribution in [-0.2, 0) is 9.47 Å². The van der Waals surface area contributed by atoms with Crippen molar-refractivity contribution < 1.29 is 40.2 Å². The summed E-state index contributed by atoms with van der Waals surface area (Å²) >= 11 is 0. The van der Waals surface area contributed by atoms with Crippen LogP contribution in [0.2, 0.25) is 0 Å². The third kappa shape index (κ3) is 1.89. The Bertz CT molecular complexity index is 219. The molecule has 1 rings (SSSR count). The maximum absolute atomic E-state index is 12.1. The molecule has 1 aliphatic heterocycles. The predicted molar refractivity (Wildman–Crippen MR) is 31.6 cm³/mol. The van der Waals surface area contributed by atoms with E-state index in [9.17, 15) is 30.7 Å². The first-order valence-corrected chi connectivity index (χ1v) is 3.65. The third-order valence-corrected chi connectivity index (χ3v) is 1.72. The Hall–Kier alpha value is -0.570. The Morgan fingerprint density at radius 1 is 1.07 bits per heavy atom. The van der Waals surface area contributed by atoms with Gasteiger partial charge in [-0.3, -0.25) is 0 Å². The highest BCUT2D eigenvalue weighted by atomic mass is 19.4. The lowest BCUT2D eigenvalue weighted by Crippen LogP contribution is -2.58. The Morgan fingerprint density at radius 2 is 1.53 bits per heavy atom. The third-order valence-electron chi connectivity index (χ3n) is 1.72. The maximum atomic E-state index is 12.1. The quantitative estimate of drug-likeness (QED) is 0.656. The monoisotopic (exact) mass is 242 g/mol. The van der Waals surface area contributed by atoms with E-state index in [2.05, 4.69) is 9.47 Å². The predicted octanol–water partition coefficient (Wildman–Crippen LogP) is 2.19. The lowest BCUT2D eigenvalue weighted by Gasteiger charge is -2.31. The Kier molecular flexibility index (Phi) is 2.90. The van der Waals surface area contributed by atoms with Crippen LogP contribution in [0.4, 0.5) is 30.7 Å². The van der Waals surface area contributed by atoms with E-state index < -0.39 is 37.5 Å². The van der Waals surface area contributed by atoms with E-state index in [4.69, 9.17) is 0 Å². The van der Waals surface area contributed by atoms with Crippen molar-refractivity contribution in [1.29, 1.82) is 0 Å². The van der Waals surface area contributed by atoms with Gasteiger partial charge in [-0.25, -0.2) is 4.39 Å². The zero-order chi connectivity index (χ0) is 11.9. The maximum Gasteiger partial charge on any atom is 0.453 e. The van der Waals surface area contributed by atoms with Gasteiger partial charge in [-0.1, -0.05) is 0 Å². The zero-order valence-corrected chi connectivity index (χ0v) is 6.95. The Labute approximate surface area is 78.9 Å². The summed E-state index contributed by atoms with van der Waals surface area (Å²) in [5.41, 5.74) is 0. The molecule has 2 nitrogen and oxygen atoms in total. The van der Waals surface area contributed by atoms with E-state index in [0.717, 1.165) is 0 Å². The number of hydrogen-bond donors (Lipinski definition) is 0. The molecule has 0 N–H and O–H groups in total. The molecule has 1 unspecified atom stereocenters. The lowest BCUT2D eigenvalue weighted by molar-refractivity contribution is -0.443. The number of rotatable bonds is 1. The molecule has 0 aromatic rings. The molecule has 1 saturated heterocycles. The molecule has 0 aromatic carbocycles. The van der Waals surface area contributed by atoms with Gasteiger partial charge in [0.15, 0.2) is 0 Å². The summed E-state index contributed by atoms with van der Waals surface area (Å²) in [6.07, 6.45) is -13.4. The fourth-order valence-corrected chi connectivity index (χ4v) is 1.05. The molecule has 0 aliphatic carbocycles. The molecule has 15 heavy (non-hydrogen) atoms. The molecule has 0 amide bonds. The fourth-order valence-electron chi connectivity index (χ4n) is 1.05. The molecule has 0 saturated carbocycles. The fraction of sp³-hybridized carbons (Fsp3) is 1.00. The van der Waals surface area contributed by atoms with Gasteiger partial charge in [0.25, 0.3) is 0 Å². The molecule has 0 spiro atoms. The second kappa shape index (κ2) is 3.48. The van der Waals surface area contributed by atoms with Crippen LogP contribution >= 0.6 is 0 Å². The van der Waals surface area contributed by atoms with Crippen LogP contribution in [-0.4, -0.2) is 37.5 Å². The van der Waals surface area contributed by atoms with Gasteiger partial charge >= 0.3 is 18.1 Å². The van der Waals surface area contributed by atoms with Gasteiger partial charge in [0.05, 0.1) is 6.61 Å². The molecule has 1 atom stereocenters. The molecule has 1 heterocycles. The van der Waals surface area contributed by atoms with E-state index >= 15 is 0 Å². The molecule has 0 radical (unpaired) electrons. The molecule has 1 fully saturated rings. The number of alkyl halides is 7. The van der Waals surface area contributed by atoms with Crippen molar-refractivity contribution in [3.05, 3.63) is 0 Å².